The Labute approximate surface area is 101 Å². The van der Waals surface area contributed by atoms with Crippen molar-refractivity contribution in [2.75, 3.05) is 33.4 Å². The van der Waals surface area contributed by atoms with Crippen molar-refractivity contribution in [3.05, 3.63) is 0 Å². The van der Waals surface area contributed by atoms with Crippen molar-refractivity contribution in [3.63, 3.8) is 0 Å². The summed E-state index contributed by atoms with van der Waals surface area (Å²) in [5.41, 5.74) is 0.290. The molecule has 0 amide bonds. The second-order valence-electron chi connectivity index (χ2n) is 5.47. The lowest BCUT2D eigenvalue weighted by Crippen LogP contribution is -2.62. The van der Waals surface area contributed by atoms with Crippen LogP contribution in [0.4, 0.5) is 0 Å². The Bertz CT molecular complexity index is 194. The summed E-state index contributed by atoms with van der Waals surface area (Å²) in [7, 11) is 1.78. The second kappa shape index (κ2) is 6.58. The van der Waals surface area contributed by atoms with E-state index in [2.05, 4.69) is 31.0 Å². The molecule has 0 aromatic rings. The first-order valence-electron chi connectivity index (χ1n) is 6.57. The molecule has 0 bridgehead atoms. The molecule has 1 atom stereocenters. The van der Waals surface area contributed by atoms with Crippen molar-refractivity contribution < 1.29 is 4.74 Å². The Hall–Kier alpha value is -0.120. The maximum absolute atomic E-state index is 5.13. The molecule has 96 valence electrons. The van der Waals surface area contributed by atoms with Gasteiger partial charge in [0.1, 0.15) is 0 Å². The number of nitrogens with zero attached hydrogens (tertiary/aromatic N) is 1. The monoisotopic (exact) mass is 228 g/mol. The van der Waals surface area contributed by atoms with E-state index in [1.165, 1.54) is 19.4 Å². The summed E-state index contributed by atoms with van der Waals surface area (Å²) in [6.07, 6.45) is 3.69. The van der Waals surface area contributed by atoms with Crippen LogP contribution < -0.4 is 5.32 Å². The zero-order valence-corrected chi connectivity index (χ0v) is 11.4. The van der Waals surface area contributed by atoms with Crippen molar-refractivity contribution in [3.8, 4) is 0 Å². The van der Waals surface area contributed by atoms with E-state index in [1.54, 1.807) is 7.11 Å². The lowest BCUT2D eigenvalue weighted by molar-refractivity contribution is 0.0544. The molecule has 1 aliphatic rings. The Morgan fingerprint density at radius 1 is 1.44 bits per heavy atom. The first-order chi connectivity index (χ1) is 7.60. The SMILES string of the molecule is CCCC1CN(CCCOC)C(C)(C)CN1. The first kappa shape index (κ1) is 13.9. The predicted molar refractivity (Wildman–Crippen MR) is 68.8 cm³/mol. The molecule has 1 unspecified atom stereocenters. The lowest BCUT2D eigenvalue weighted by atomic mass is 9.95. The first-order valence-corrected chi connectivity index (χ1v) is 6.57. The van der Waals surface area contributed by atoms with Gasteiger partial charge in [-0.25, -0.2) is 0 Å². The van der Waals surface area contributed by atoms with Crippen LogP contribution in [0.25, 0.3) is 0 Å². The third-order valence-corrected chi connectivity index (χ3v) is 3.53. The van der Waals surface area contributed by atoms with E-state index in [4.69, 9.17) is 4.74 Å². The van der Waals surface area contributed by atoms with Crippen molar-refractivity contribution in [2.24, 2.45) is 0 Å². The third kappa shape index (κ3) is 4.04. The van der Waals surface area contributed by atoms with Gasteiger partial charge in [-0.05, 0) is 26.7 Å². The van der Waals surface area contributed by atoms with Gasteiger partial charge in [-0.15, -0.1) is 0 Å². The molecule has 16 heavy (non-hydrogen) atoms. The van der Waals surface area contributed by atoms with Crippen LogP contribution in [0.1, 0.15) is 40.0 Å². The van der Waals surface area contributed by atoms with Crippen LogP contribution in [0, 0.1) is 0 Å². The van der Waals surface area contributed by atoms with Crippen LogP contribution in [-0.2, 0) is 4.74 Å². The average Bonchev–Trinajstić information content (AvgIpc) is 2.23. The number of piperazine rings is 1. The van der Waals surface area contributed by atoms with Gasteiger partial charge in [0.25, 0.3) is 0 Å². The average molecular weight is 228 g/mol. The Kier molecular flexibility index (Phi) is 5.73. The zero-order valence-electron chi connectivity index (χ0n) is 11.4. The predicted octanol–water partition coefficient (Wildman–Crippen LogP) is 1.88. The zero-order chi connectivity index (χ0) is 12.0. The molecule has 0 spiro atoms. The fourth-order valence-corrected chi connectivity index (χ4v) is 2.42. The van der Waals surface area contributed by atoms with Gasteiger partial charge in [0, 0.05) is 44.9 Å². The maximum Gasteiger partial charge on any atom is 0.0474 e. The molecule has 1 fully saturated rings. The van der Waals surface area contributed by atoms with E-state index in [-0.39, 0.29) is 5.54 Å². The maximum atomic E-state index is 5.13. The minimum absolute atomic E-state index is 0.290. The largest absolute Gasteiger partial charge is 0.385 e. The van der Waals surface area contributed by atoms with Gasteiger partial charge < -0.3 is 10.1 Å². The quantitative estimate of drug-likeness (QED) is 0.703. The Balaban J connectivity index is 2.41. The molecule has 3 nitrogen and oxygen atoms in total. The van der Waals surface area contributed by atoms with E-state index < -0.39 is 0 Å². The van der Waals surface area contributed by atoms with Crippen LogP contribution in [0.2, 0.25) is 0 Å². The summed E-state index contributed by atoms with van der Waals surface area (Å²) in [6, 6.07) is 0.681. The smallest absolute Gasteiger partial charge is 0.0474 e. The summed E-state index contributed by atoms with van der Waals surface area (Å²) >= 11 is 0. The van der Waals surface area contributed by atoms with E-state index in [1.807, 2.05) is 0 Å². The number of hydrogen-bond donors (Lipinski definition) is 1. The van der Waals surface area contributed by atoms with Gasteiger partial charge in [0.05, 0.1) is 0 Å². The van der Waals surface area contributed by atoms with Crippen LogP contribution in [0.3, 0.4) is 0 Å². The highest BCUT2D eigenvalue weighted by Gasteiger charge is 2.32. The third-order valence-electron chi connectivity index (χ3n) is 3.53. The van der Waals surface area contributed by atoms with Crippen molar-refractivity contribution in [1.29, 1.82) is 0 Å². The summed E-state index contributed by atoms with van der Waals surface area (Å²) in [5, 5.41) is 3.66. The number of ether oxygens (including phenoxy) is 1. The van der Waals surface area contributed by atoms with Crippen LogP contribution in [0.15, 0.2) is 0 Å². The van der Waals surface area contributed by atoms with E-state index in [0.717, 1.165) is 26.1 Å². The van der Waals surface area contributed by atoms with E-state index >= 15 is 0 Å². The van der Waals surface area contributed by atoms with Crippen LogP contribution in [0.5, 0.6) is 0 Å². The fraction of sp³-hybridized carbons (Fsp3) is 1.00. The highest BCUT2D eigenvalue weighted by molar-refractivity contribution is 4.92. The van der Waals surface area contributed by atoms with E-state index in [0.29, 0.717) is 6.04 Å². The molecular formula is C13H28N2O. The van der Waals surface area contributed by atoms with Gasteiger partial charge in [0.2, 0.25) is 0 Å². The molecule has 0 radical (unpaired) electrons. The van der Waals surface area contributed by atoms with Gasteiger partial charge in [-0.2, -0.15) is 0 Å². The topological polar surface area (TPSA) is 24.5 Å². The van der Waals surface area contributed by atoms with E-state index in [9.17, 15) is 0 Å². The highest BCUT2D eigenvalue weighted by Crippen LogP contribution is 2.20. The summed E-state index contributed by atoms with van der Waals surface area (Å²) in [5.74, 6) is 0. The van der Waals surface area contributed by atoms with Gasteiger partial charge in [-0.1, -0.05) is 13.3 Å². The molecule has 1 N–H and O–H groups in total. The van der Waals surface area contributed by atoms with Gasteiger partial charge in [-0.3, -0.25) is 4.90 Å². The van der Waals surface area contributed by atoms with Crippen molar-refractivity contribution in [1.82, 2.24) is 10.2 Å². The minimum atomic E-state index is 0.290. The molecule has 1 rings (SSSR count). The molecule has 0 aliphatic carbocycles. The molecule has 0 saturated carbocycles. The lowest BCUT2D eigenvalue weighted by Gasteiger charge is -2.46. The Morgan fingerprint density at radius 3 is 2.81 bits per heavy atom. The molecule has 1 saturated heterocycles. The number of hydrogen-bond acceptors (Lipinski definition) is 3. The van der Waals surface area contributed by atoms with Crippen LogP contribution in [-0.4, -0.2) is 49.8 Å². The van der Waals surface area contributed by atoms with Gasteiger partial charge in [0.15, 0.2) is 0 Å². The molecule has 1 heterocycles. The normalized spacial score (nSPS) is 25.9. The number of methoxy groups -OCH3 is 1. The molecule has 0 aromatic carbocycles. The fourth-order valence-electron chi connectivity index (χ4n) is 2.42. The van der Waals surface area contributed by atoms with Gasteiger partial charge >= 0.3 is 0 Å². The number of nitrogens with one attached hydrogen (secondary N) is 1. The highest BCUT2D eigenvalue weighted by atomic mass is 16.5. The molecule has 1 aliphatic heterocycles. The van der Waals surface area contributed by atoms with Crippen LogP contribution >= 0.6 is 0 Å². The van der Waals surface area contributed by atoms with Crippen molar-refractivity contribution in [2.45, 2.75) is 51.6 Å². The second-order valence-corrected chi connectivity index (χ2v) is 5.47. The summed E-state index contributed by atoms with van der Waals surface area (Å²) < 4.78 is 5.13. The number of rotatable bonds is 6. The standard InChI is InChI=1S/C13H28N2O/c1-5-7-12-10-15(8-6-9-16-4)13(2,3)11-14-12/h12,14H,5-11H2,1-4H3. The molecular weight excluding hydrogens is 200 g/mol. The molecule has 3 heteroatoms. The molecule has 0 aromatic heterocycles. The minimum Gasteiger partial charge on any atom is -0.385 e. The summed E-state index contributed by atoms with van der Waals surface area (Å²) in [6.45, 7) is 11.2. The summed E-state index contributed by atoms with van der Waals surface area (Å²) in [4.78, 5) is 2.61. The Morgan fingerprint density at radius 2 is 2.19 bits per heavy atom. The van der Waals surface area contributed by atoms with Crippen molar-refractivity contribution >= 4 is 0 Å².